The van der Waals surface area contributed by atoms with Crippen LogP contribution in [0.3, 0.4) is 0 Å². The van der Waals surface area contributed by atoms with E-state index in [1.54, 1.807) is 0 Å². The Balaban J connectivity index is 2.00. The predicted octanol–water partition coefficient (Wildman–Crippen LogP) is 5.17. The molecular weight excluding hydrogens is 242 g/mol. The Morgan fingerprint density at radius 2 is 1.85 bits per heavy atom. The molecule has 1 aliphatic carbocycles. The molecule has 1 aliphatic rings. The maximum absolute atomic E-state index is 3.89. The van der Waals surface area contributed by atoms with Gasteiger partial charge in [-0.2, -0.15) is 0 Å². The smallest absolute Gasteiger partial charge is 0.0297 e. The van der Waals surface area contributed by atoms with Gasteiger partial charge in [-0.15, -0.1) is 0 Å². The fourth-order valence-corrected chi connectivity index (χ4v) is 3.65. The summed E-state index contributed by atoms with van der Waals surface area (Å²) in [6.45, 7) is 11.5. The van der Waals surface area contributed by atoms with Gasteiger partial charge in [-0.1, -0.05) is 50.5 Å². The normalized spacial score (nSPS) is 24.9. The van der Waals surface area contributed by atoms with E-state index in [9.17, 15) is 0 Å². The lowest BCUT2D eigenvalue weighted by molar-refractivity contribution is 0.222. The van der Waals surface area contributed by atoms with Gasteiger partial charge in [0, 0.05) is 12.1 Å². The lowest BCUT2D eigenvalue weighted by atomic mass is 9.79. The maximum atomic E-state index is 3.89. The number of nitrogens with one attached hydrogen (secondary N) is 1. The van der Waals surface area contributed by atoms with E-state index in [4.69, 9.17) is 0 Å². The minimum Gasteiger partial charge on any atom is -0.307 e. The first-order chi connectivity index (χ1) is 9.47. The molecule has 0 radical (unpaired) electrons. The molecule has 1 aromatic carbocycles. The Labute approximate surface area is 125 Å². The van der Waals surface area contributed by atoms with Crippen molar-refractivity contribution in [3.8, 4) is 0 Å². The molecule has 1 fully saturated rings. The van der Waals surface area contributed by atoms with Crippen LogP contribution in [0, 0.1) is 25.7 Å². The molecule has 3 unspecified atom stereocenters. The summed E-state index contributed by atoms with van der Waals surface area (Å²) >= 11 is 0. The molecule has 3 atom stereocenters. The average molecular weight is 273 g/mol. The van der Waals surface area contributed by atoms with Gasteiger partial charge in [0.2, 0.25) is 0 Å². The van der Waals surface area contributed by atoms with Crippen molar-refractivity contribution < 1.29 is 0 Å². The third kappa shape index (κ3) is 3.85. The molecule has 1 aromatic rings. The van der Waals surface area contributed by atoms with Crippen LogP contribution in [0.1, 0.15) is 69.2 Å². The zero-order valence-corrected chi connectivity index (χ0v) is 13.9. The van der Waals surface area contributed by atoms with Crippen molar-refractivity contribution in [3.05, 3.63) is 34.9 Å². The highest BCUT2D eigenvalue weighted by Gasteiger charge is 2.25. The van der Waals surface area contributed by atoms with Gasteiger partial charge in [0.25, 0.3) is 0 Å². The fraction of sp³-hybridized carbons (Fsp3) is 0.684. The summed E-state index contributed by atoms with van der Waals surface area (Å²) in [6, 6.07) is 7.97. The molecule has 0 aliphatic heterocycles. The van der Waals surface area contributed by atoms with Crippen molar-refractivity contribution in [1.82, 2.24) is 5.32 Å². The number of aryl methyl sites for hydroxylation is 2. The molecule has 112 valence electrons. The summed E-state index contributed by atoms with van der Waals surface area (Å²) < 4.78 is 0. The highest BCUT2D eigenvalue weighted by atomic mass is 14.9. The SMILES string of the molecule is Cc1ccc(C)c(C(C)NC2CCCC(C(C)C)C2)c1. The molecule has 0 amide bonds. The summed E-state index contributed by atoms with van der Waals surface area (Å²) in [5.41, 5.74) is 4.24. The van der Waals surface area contributed by atoms with E-state index in [1.807, 2.05) is 0 Å². The summed E-state index contributed by atoms with van der Waals surface area (Å²) in [4.78, 5) is 0. The van der Waals surface area contributed by atoms with E-state index in [2.05, 4.69) is 58.1 Å². The minimum absolute atomic E-state index is 0.464. The monoisotopic (exact) mass is 273 g/mol. The van der Waals surface area contributed by atoms with Crippen molar-refractivity contribution >= 4 is 0 Å². The van der Waals surface area contributed by atoms with Gasteiger partial charge < -0.3 is 5.32 Å². The van der Waals surface area contributed by atoms with Crippen molar-refractivity contribution in [2.24, 2.45) is 11.8 Å². The van der Waals surface area contributed by atoms with E-state index in [-0.39, 0.29) is 0 Å². The maximum Gasteiger partial charge on any atom is 0.0297 e. The predicted molar refractivity (Wildman–Crippen MR) is 88.1 cm³/mol. The first-order valence-electron chi connectivity index (χ1n) is 8.30. The molecule has 2 rings (SSSR count). The first kappa shape index (κ1) is 15.6. The van der Waals surface area contributed by atoms with Crippen LogP contribution >= 0.6 is 0 Å². The van der Waals surface area contributed by atoms with E-state index < -0.39 is 0 Å². The molecule has 1 saturated carbocycles. The summed E-state index contributed by atoms with van der Waals surface area (Å²) in [5.74, 6) is 1.74. The van der Waals surface area contributed by atoms with Crippen LogP contribution in [0.4, 0.5) is 0 Å². The Morgan fingerprint density at radius 1 is 1.10 bits per heavy atom. The third-order valence-corrected chi connectivity index (χ3v) is 5.04. The number of hydrogen-bond acceptors (Lipinski definition) is 1. The molecule has 1 N–H and O–H groups in total. The van der Waals surface area contributed by atoms with Crippen LogP contribution in [-0.4, -0.2) is 6.04 Å². The second-order valence-corrected chi connectivity index (χ2v) is 7.12. The molecule has 1 heteroatoms. The first-order valence-corrected chi connectivity index (χ1v) is 8.30. The van der Waals surface area contributed by atoms with Crippen LogP contribution in [-0.2, 0) is 0 Å². The number of hydrogen-bond donors (Lipinski definition) is 1. The summed E-state index contributed by atoms with van der Waals surface area (Å²) in [6.07, 6.45) is 5.51. The van der Waals surface area contributed by atoms with Crippen LogP contribution in [0.25, 0.3) is 0 Å². The topological polar surface area (TPSA) is 12.0 Å². The van der Waals surface area contributed by atoms with Crippen molar-refractivity contribution in [1.29, 1.82) is 0 Å². The highest BCUT2D eigenvalue weighted by molar-refractivity contribution is 5.32. The molecule has 0 heterocycles. The van der Waals surface area contributed by atoms with E-state index >= 15 is 0 Å². The Bertz CT molecular complexity index is 435. The minimum atomic E-state index is 0.464. The van der Waals surface area contributed by atoms with Gasteiger partial charge in [0.15, 0.2) is 0 Å². The Morgan fingerprint density at radius 3 is 2.55 bits per heavy atom. The second kappa shape index (κ2) is 6.76. The lowest BCUT2D eigenvalue weighted by Gasteiger charge is -2.34. The average Bonchev–Trinajstić information content (AvgIpc) is 2.41. The molecular formula is C19H31N. The summed E-state index contributed by atoms with van der Waals surface area (Å²) in [5, 5.41) is 3.89. The van der Waals surface area contributed by atoms with Gasteiger partial charge in [-0.3, -0.25) is 0 Å². The lowest BCUT2D eigenvalue weighted by Crippen LogP contribution is -2.37. The van der Waals surface area contributed by atoms with Crippen LogP contribution in [0.15, 0.2) is 18.2 Å². The van der Waals surface area contributed by atoms with Crippen molar-refractivity contribution in [3.63, 3.8) is 0 Å². The standard InChI is InChI=1S/C19H31N/c1-13(2)17-7-6-8-18(12-17)20-16(5)19-11-14(3)9-10-15(19)4/h9-11,13,16-18,20H,6-8,12H2,1-5H3. The highest BCUT2D eigenvalue weighted by Crippen LogP contribution is 2.31. The molecule has 1 nitrogen and oxygen atoms in total. The molecule has 0 bridgehead atoms. The molecule has 0 aromatic heterocycles. The van der Waals surface area contributed by atoms with Crippen molar-refractivity contribution in [2.45, 2.75) is 72.4 Å². The van der Waals surface area contributed by atoms with Crippen LogP contribution < -0.4 is 5.32 Å². The number of benzene rings is 1. The van der Waals surface area contributed by atoms with Gasteiger partial charge in [0.1, 0.15) is 0 Å². The van der Waals surface area contributed by atoms with Gasteiger partial charge in [-0.25, -0.2) is 0 Å². The second-order valence-electron chi connectivity index (χ2n) is 7.12. The van der Waals surface area contributed by atoms with E-state index in [0.29, 0.717) is 12.1 Å². The molecule has 0 saturated heterocycles. The molecule has 0 spiro atoms. The molecule has 20 heavy (non-hydrogen) atoms. The largest absolute Gasteiger partial charge is 0.307 e. The zero-order valence-electron chi connectivity index (χ0n) is 13.9. The van der Waals surface area contributed by atoms with E-state index in [1.165, 1.54) is 42.4 Å². The quantitative estimate of drug-likeness (QED) is 0.798. The van der Waals surface area contributed by atoms with E-state index in [0.717, 1.165) is 11.8 Å². The van der Waals surface area contributed by atoms with Crippen LogP contribution in [0.5, 0.6) is 0 Å². The van der Waals surface area contributed by atoms with Crippen LogP contribution in [0.2, 0.25) is 0 Å². The zero-order chi connectivity index (χ0) is 14.7. The van der Waals surface area contributed by atoms with Gasteiger partial charge in [-0.05, 0) is 56.6 Å². The number of rotatable bonds is 4. The van der Waals surface area contributed by atoms with Crippen molar-refractivity contribution in [2.75, 3.05) is 0 Å². The third-order valence-electron chi connectivity index (χ3n) is 5.04. The van der Waals surface area contributed by atoms with Gasteiger partial charge in [0.05, 0.1) is 0 Å². The summed E-state index contributed by atoms with van der Waals surface area (Å²) in [7, 11) is 0. The Kier molecular flexibility index (Phi) is 5.26. The fourth-order valence-electron chi connectivity index (χ4n) is 3.65. The van der Waals surface area contributed by atoms with Gasteiger partial charge >= 0.3 is 0 Å². The Hall–Kier alpha value is -0.820.